The van der Waals surface area contributed by atoms with Crippen LogP contribution in [-0.4, -0.2) is 41.8 Å². The zero-order valence-corrected chi connectivity index (χ0v) is 16.2. The Labute approximate surface area is 160 Å². The van der Waals surface area contributed by atoms with E-state index in [1.165, 1.54) is 4.31 Å². The zero-order chi connectivity index (χ0) is 17.7. The number of fused-ring (bicyclic) bond motifs is 1. The molecule has 0 spiro atoms. The van der Waals surface area contributed by atoms with Crippen molar-refractivity contribution in [1.82, 2.24) is 5.32 Å². The molecule has 0 saturated heterocycles. The van der Waals surface area contributed by atoms with Gasteiger partial charge < -0.3 is 14.8 Å². The molecule has 0 aliphatic carbocycles. The van der Waals surface area contributed by atoms with Crippen LogP contribution in [0.15, 0.2) is 53.4 Å². The molecular weight excluding hydrogens is 376 g/mol. The van der Waals surface area contributed by atoms with Gasteiger partial charge in [0.1, 0.15) is 12.4 Å². The van der Waals surface area contributed by atoms with Crippen molar-refractivity contribution >= 4 is 28.1 Å². The number of halogens is 1. The molecule has 1 heterocycles. The first-order valence-corrected chi connectivity index (χ1v) is 9.60. The summed E-state index contributed by atoms with van der Waals surface area (Å²) in [6.45, 7) is 2.57. The third kappa shape index (κ3) is 4.48. The van der Waals surface area contributed by atoms with Crippen LogP contribution in [0.25, 0.3) is 0 Å². The molecule has 0 radical (unpaired) electrons. The average Bonchev–Trinajstić information content (AvgIpc) is 2.85. The van der Waals surface area contributed by atoms with Crippen LogP contribution < -0.4 is 14.4 Å². The van der Waals surface area contributed by atoms with Gasteiger partial charge in [-0.25, -0.2) is 8.42 Å². The first-order valence-electron chi connectivity index (χ1n) is 8.16. The molecular formula is C18H23ClN2O4S. The fraction of sp³-hybridized carbons (Fsp3) is 0.333. The maximum absolute atomic E-state index is 13.1. The molecule has 1 aliphatic heterocycles. The van der Waals surface area contributed by atoms with Crippen LogP contribution in [0.5, 0.6) is 5.75 Å². The number of benzene rings is 2. The lowest BCUT2D eigenvalue weighted by Gasteiger charge is -2.24. The Hall–Kier alpha value is -1.80. The predicted molar refractivity (Wildman–Crippen MR) is 104 cm³/mol. The summed E-state index contributed by atoms with van der Waals surface area (Å²) in [4.78, 5) is 0.253. The van der Waals surface area contributed by atoms with Gasteiger partial charge in [0, 0.05) is 26.7 Å². The highest BCUT2D eigenvalue weighted by molar-refractivity contribution is 7.92. The van der Waals surface area contributed by atoms with Gasteiger partial charge in [0.15, 0.2) is 0 Å². The molecule has 0 amide bonds. The molecule has 0 fully saturated rings. The van der Waals surface area contributed by atoms with Gasteiger partial charge in [0.05, 0.1) is 17.2 Å². The van der Waals surface area contributed by atoms with E-state index in [0.717, 1.165) is 11.3 Å². The van der Waals surface area contributed by atoms with Crippen molar-refractivity contribution in [2.24, 2.45) is 0 Å². The molecule has 0 aromatic heterocycles. The highest BCUT2D eigenvalue weighted by Gasteiger charge is 2.27. The third-order valence-corrected chi connectivity index (χ3v) is 5.86. The summed E-state index contributed by atoms with van der Waals surface area (Å²) in [6, 6.07) is 14.1. The van der Waals surface area contributed by atoms with E-state index in [1.54, 1.807) is 31.4 Å². The van der Waals surface area contributed by atoms with Crippen LogP contribution in [0.3, 0.4) is 0 Å². The van der Waals surface area contributed by atoms with E-state index in [1.807, 2.05) is 24.3 Å². The summed E-state index contributed by atoms with van der Waals surface area (Å²) in [5.74, 6) is 0.619. The van der Waals surface area contributed by atoms with E-state index in [2.05, 4.69) is 5.32 Å². The minimum atomic E-state index is -3.63. The van der Waals surface area contributed by atoms with Crippen molar-refractivity contribution in [1.29, 1.82) is 0 Å². The Morgan fingerprint density at radius 2 is 1.81 bits per heavy atom. The normalized spacial score (nSPS) is 14.1. The summed E-state index contributed by atoms with van der Waals surface area (Å²) < 4.78 is 38.1. The molecule has 3 rings (SSSR count). The molecule has 2 aromatic rings. The molecule has 1 aliphatic rings. The molecule has 2 aromatic carbocycles. The molecule has 26 heavy (non-hydrogen) atoms. The summed E-state index contributed by atoms with van der Waals surface area (Å²) in [5.41, 5.74) is 1.70. The maximum atomic E-state index is 13.1. The number of hydrogen-bond donors (Lipinski definition) is 1. The fourth-order valence-electron chi connectivity index (χ4n) is 2.76. The summed E-state index contributed by atoms with van der Waals surface area (Å²) in [7, 11) is -2.02. The number of para-hydroxylation sites is 1. The first kappa shape index (κ1) is 20.5. The van der Waals surface area contributed by atoms with Gasteiger partial charge in [-0.05, 0) is 35.9 Å². The number of sulfonamides is 1. The topological polar surface area (TPSA) is 67.9 Å². The molecule has 142 valence electrons. The lowest BCUT2D eigenvalue weighted by atomic mass is 10.2. The zero-order valence-electron chi connectivity index (χ0n) is 14.6. The van der Waals surface area contributed by atoms with Gasteiger partial charge in [-0.1, -0.05) is 18.2 Å². The lowest BCUT2D eigenvalue weighted by molar-refractivity contribution is 0.146. The second-order valence-corrected chi connectivity index (χ2v) is 7.56. The maximum Gasteiger partial charge on any atom is 0.264 e. The van der Waals surface area contributed by atoms with Crippen molar-refractivity contribution in [2.45, 2.75) is 11.4 Å². The van der Waals surface area contributed by atoms with Crippen molar-refractivity contribution in [3.63, 3.8) is 0 Å². The van der Waals surface area contributed by atoms with Crippen molar-refractivity contribution < 1.29 is 17.9 Å². The minimum absolute atomic E-state index is 0. The number of rotatable bonds is 6. The second-order valence-electron chi connectivity index (χ2n) is 5.70. The van der Waals surface area contributed by atoms with Gasteiger partial charge in [-0.15, -0.1) is 12.4 Å². The molecule has 6 nitrogen and oxygen atoms in total. The number of ether oxygens (including phenoxy) is 2. The molecule has 8 heteroatoms. The largest absolute Gasteiger partial charge is 0.491 e. The Balaban J connectivity index is 0.00000243. The Kier molecular flexibility index (Phi) is 7.28. The van der Waals surface area contributed by atoms with Crippen molar-refractivity contribution in [3.8, 4) is 5.75 Å². The summed E-state index contributed by atoms with van der Waals surface area (Å²) in [6.07, 6.45) is 0. The number of methoxy groups -OCH3 is 1. The van der Waals surface area contributed by atoms with Crippen LogP contribution in [0.4, 0.5) is 5.69 Å². The van der Waals surface area contributed by atoms with Crippen molar-refractivity contribution in [2.75, 3.05) is 37.7 Å². The summed E-state index contributed by atoms with van der Waals surface area (Å²) >= 11 is 0. The standard InChI is InChI=1S/C18H22N2O4S.ClH/c1-23-12-13-24-16-6-8-17(9-7-16)25(21,22)20-11-10-19-14-15-4-2-3-5-18(15)20;/h2-9,19H,10-14H2,1H3;1H. The minimum Gasteiger partial charge on any atom is -0.491 e. The first-order chi connectivity index (χ1) is 12.1. The second kappa shape index (κ2) is 9.23. The van der Waals surface area contributed by atoms with E-state index in [0.29, 0.717) is 38.6 Å². The quantitative estimate of drug-likeness (QED) is 0.757. The average molecular weight is 399 g/mol. The fourth-order valence-corrected chi connectivity index (χ4v) is 4.26. The predicted octanol–water partition coefficient (Wildman–Crippen LogP) is 2.43. The monoisotopic (exact) mass is 398 g/mol. The van der Waals surface area contributed by atoms with Gasteiger partial charge in [-0.3, -0.25) is 4.31 Å². The van der Waals surface area contributed by atoms with Crippen LogP contribution in [0.2, 0.25) is 0 Å². The highest BCUT2D eigenvalue weighted by atomic mass is 35.5. The molecule has 0 unspecified atom stereocenters. The van der Waals surface area contributed by atoms with Crippen molar-refractivity contribution in [3.05, 3.63) is 54.1 Å². The van der Waals surface area contributed by atoms with Gasteiger partial charge in [0.2, 0.25) is 0 Å². The Morgan fingerprint density at radius 1 is 1.08 bits per heavy atom. The van der Waals surface area contributed by atoms with Gasteiger partial charge >= 0.3 is 0 Å². The number of anilines is 1. The highest BCUT2D eigenvalue weighted by Crippen LogP contribution is 2.29. The van der Waals surface area contributed by atoms with E-state index in [4.69, 9.17) is 9.47 Å². The van der Waals surface area contributed by atoms with E-state index < -0.39 is 10.0 Å². The van der Waals surface area contributed by atoms with E-state index >= 15 is 0 Å². The van der Waals surface area contributed by atoms with E-state index in [-0.39, 0.29) is 17.3 Å². The molecule has 0 saturated carbocycles. The number of nitrogens with zero attached hydrogens (tertiary/aromatic N) is 1. The smallest absolute Gasteiger partial charge is 0.264 e. The van der Waals surface area contributed by atoms with Gasteiger partial charge in [0.25, 0.3) is 10.0 Å². The molecule has 1 N–H and O–H groups in total. The number of nitrogens with one attached hydrogen (secondary N) is 1. The van der Waals surface area contributed by atoms with Crippen LogP contribution in [-0.2, 0) is 21.3 Å². The summed E-state index contributed by atoms with van der Waals surface area (Å²) in [5, 5.41) is 3.26. The Morgan fingerprint density at radius 3 is 2.54 bits per heavy atom. The lowest BCUT2D eigenvalue weighted by Crippen LogP contribution is -2.34. The number of hydrogen-bond acceptors (Lipinski definition) is 5. The van der Waals surface area contributed by atoms with Crippen LogP contribution >= 0.6 is 12.4 Å². The SMILES string of the molecule is COCCOc1ccc(S(=O)(=O)N2CCNCc3ccccc32)cc1.Cl. The third-order valence-electron chi connectivity index (χ3n) is 4.04. The van der Waals surface area contributed by atoms with E-state index in [9.17, 15) is 8.42 Å². The van der Waals surface area contributed by atoms with Crippen LogP contribution in [0, 0.1) is 0 Å². The van der Waals surface area contributed by atoms with Crippen LogP contribution in [0.1, 0.15) is 5.56 Å². The molecule has 0 atom stereocenters. The van der Waals surface area contributed by atoms with Gasteiger partial charge in [-0.2, -0.15) is 0 Å². The molecule has 0 bridgehead atoms. The Bertz CT molecular complexity index is 812.